The minimum Gasteiger partial charge on any atom is -0.490 e. The van der Waals surface area contributed by atoms with Gasteiger partial charge in [0, 0.05) is 29.0 Å². The molecule has 7 nitrogen and oxygen atoms in total. The number of carbonyl (C=O) groups is 1. The molecule has 2 aliphatic rings. The van der Waals surface area contributed by atoms with Crippen molar-refractivity contribution in [3.8, 4) is 5.75 Å². The Hall–Kier alpha value is -3.09. The average Bonchev–Trinajstić information content (AvgIpc) is 3.19. The summed E-state index contributed by atoms with van der Waals surface area (Å²) in [5, 5.41) is 4.60. The van der Waals surface area contributed by atoms with Crippen LogP contribution in [0.3, 0.4) is 0 Å². The maximum Gasteiger partial charge on any atom is 0.416 e. The summed E-state index contributed by atoms with van der Waals surface area (Å²) in [5.41, 5.74) is 1.02. The van der Waals surface area contributed by atoms with Crippen molar-refractivity contribution in [1.29, 1.82) is 0 Å². The van der Waals surface area contributed by atoms with Gasteiger partial charge in [-0.1, -0.05) is 0 Å². The van der Waals surface area contributed by atoms with E-state index in [4.69, 9.17) is 4.74 Å². The van der Waals surface area contributed by atoms with Gasteiger partial charge in [0.1, 0.15) is 17.3 Å². The van der Waals surface area contributed by atoms with Gasteiger partial charge in [-0.25, -0.2) is 8.42 Å². The number of rotatable bonds is 3. The van der Waals surface area contributed by atoms with Crippen molar-refractivity contribution >= 4 is 38.6 Å². The van der Waals surface area contributed by atoms with Crippen molar-refractivity contribution in [2.45, 2.75) is 24.0 Å². The first-order chi connectivity index (χ1) is 17.0. The van der Waals surface area contributed by atoms with Gasteiger partial charge in [-0.2, -0.15) is 13.2 Å². The number of nitrogens with zero attached hydrogens (tertiary/aromatic N) is 2. The quantitative estimate of drug-likeness (QED) is 0.529. The SMILES string of the molecule is CN1CCc2scc(C(=O)Nc3ccc4c(c3)S(=O)(=O)N(c3ccc(C(F)(F)F)cc3)CCO4)c2C1. The highest BCUT2D eigenvalue weighted by atomic mass is 32.2. The molecule has 0 unspecified atom stereocenters. The highest BCUT2D eigenvalue weighted by Gasteiger charge is 2.34. The largest absolute Gasteiger partial charge is 0.490 e. The number of hydrogen-bond acceptors (Lipinski definition) is 6. The van der Waals surface area contributed by atoms with Gasteiger partial charge in [-0.15, -0.1) is 11.3 Å². The molecule has 0 fully saturated rings. The minimum atomic E-state index is -4.53. The first kappa shape index (κ1) is 24.6. The van der Waals surface area contributed by atoms with Gasteiger partial charge >= 0.3 is 6.18 Å². The molecular weight excluding hydrogens is 515 g/mol. The van der Waals surface area contributed by atoms with Crippen molar-refractivity contribution in [3.05, 3.63) is 69.4 Å². The molecule has 0 atom stereocenters. The lowest BCUT2D eigenvalue weighted by Gasteiger charge is -2.23. The van der Waals surface area contributed by atoms with Crippen LogP contribution in [0.15, 0.2) is 52.7 Å². The fraction of sp³-hybridized carbons (Fsp3) is 0.292. The molecule has 36 heavy (non-hydrogen) atoms. The first-order valence-corrected chi connectivity index (χ1v) is 13.4. The molecule has 0 saturated heterocycles. The molecule has 3 heterocycles. The predicted molar refractivity (Wildman–Crippen MR) is 130 cm³/mol. The standard InChI is InChI=1S/C24H22F3N3O4S2/c1-29-9-8-21-18(13-29)19(14-35-21)23(31)28-16-4-7-20-22(12-16)36(32,33)30(10-11-34-20)17-5-2-15(3-6-17)24(25,26)27/h2-7,12,14H,8-11,13H2,1H3,(H,28,31). The number of thiophene rings is 1. The second-order valence-corrected chi connectivity index (χ2v) is 11.4. The Morgan fingerprint density at radius 1 is 1.11 bits per heavy atom. The number of ether oxygens (including phenoxy) is 1. The lowest BCUT2D eigenvalue weighted by atomic mass is 10.0. The van der Waals surface area contributed by atoms with Gasteiger partial charge in [-0.05, 0) is 61.5 Å². The normalized spacial score (nSPS) is 17.5. The molecule has 0 bridgehead atoms. The fourth-order valence-corrected chi connectivity index (χ4v) is 6.95. The van der Waals surface area contributed by atoms with Crippen LogP contribution in [-0.2, 0) is 29.2 Å². The summed E-state index contributed by atoms with van der Waals surface area (Å²) >= 11 is 1.54. The van der Waals surface area contributed by atoms with Crippen LogP contribution < -0.4 is 14.4 Å². The van der Waals surface area contributed by atoms with Gasteiger partial charge in [-0.3, -0.25) is 9.10 Å². The number of sulfonamides is 1. The molecule has 2 aliphatic heterocycles. The number of fused-ring (bicyclic) bond motifs is 2. The molecule has 1 N–H and O–H groups in total. The molecular formula is C24H22F3N3O4S2. The number of likely N-dealkylation sites (N-methyl/N-ethyl adjacent to an activating group) is 1. The van der Waals surface area contributed by atoms with Gasteiger partial charge in [0.05, 0.1) is 23.4 Å². The van der Waals surface area contributed by atoms with Crippen molar-refractivity contribution in [2.24, 2.45) is 0 Å². The summed E-state index contributed by atoms with van der Waals surface area (Å²) < 4.78 is 72.5. The summed E-state index contributed by atoms with van der Waals surface area (Å²) in [4.78, 5) is 16.2. The van der Waals surface area contributed by atoms with Crippen LogP contribution in [0.1, 0.15) is 26.4 Å². The zero-order valence-corrected chi connectivity index (χ0v) is 20.8. The Kier molecular flexibility index (Phi) is 6.21. The Morgan fingerprint density at radius 3 is 2.58 bits per heavy atom. The number of halogens is 3. The van der Waals surface area contributed by atoms with Gasteiger partial charge in [0.15, 0.2) is 0 Å². The number of hydrogen-bond donors (Lipinski definition) is 1. The third-order valence-electron chi connectivity index (χ3n) is 6.18. The van der Waals surface area contributed by atoms with Crippen molar-refractivity contribution in [2.75, 3.05) is 36.4 Å². The second-order valence-electron chi connectivity index (χ2n) is 8.62. The number of anilines is 2. The van der Waals surface area contributed by atoms with Crippen LogP contribution in [-0.4, -0.2) is 46.0 Å². The summed E-state index contributed by atoms with van der Waals surface area (Å²) in [6.45, 7) is 1.51. The van der Waals surface area contributed by atoms with E-state index in [0.717, 1.165) is 47.1 Å². The first-order valence-electron chi connectivity index (χ1n) is 11.1. The third kappa shape index (κ3) is 4.56. The molecule has 1 aromatic heterocycles. The van der Waals surface area contributed by atoms with Crippen LogP contribution in [0, 0.1) is 0 Å². The van der Waals surface area contributed by atoms with Gasteiger partial charge in [0.2, 0.25) is 0 Å². The summed E-state index contributed by atoms with van der Waals surface area (Å²) in [6, 6.07) is 8.26. The van der Waals surface area contributed by atoms with E-state index in [1.54, 1.807) is 6.07 Å². The van der Waals surface area contributed by atoms with Crippen LogP contribution in [0.4, 0.5) is 24.5 Å². The van der Waals surface area contributed by atoms with Gasteiger partial charge < -0.3 is 15.0 Å². The van der Waals surface area contributed by atoms with E-state index in [1.165, 1.54) is 28.3 Å². The van der Waals surface area contributed by atoms with E-state index >= 15 is 0 Å². The van der Waals surface area contributed by atoms with Crippen LogP contribution in [0.2, 0.25) is 0 Å². The number of alkyl halides is 3. The van der Waals surface area contributed by atoms with Crippen LogP contribution in [0.5, 0.6) is 5.75 Å². The third-order valence-corrected chi connectivity index (χ3v) is 9.12. The molecule has 12 heteroatoms. The lowest BCUT2D eigenvalue weighted by Crippen LogP contribution is -2.32. The number of benzene rings is 2. The Morgan fingerprint density at radius 2 is 1.86 bits per heavy atom. The topological polar surface area (TPSA) is 79.0 Å². The molecule has 190 valence electrons. The molecule has 0 spiro atoms. The smallest absolute Gasteiger partial charge is 0.416 e. The molecule has 0 aliphatic carbocycles. The average molecular weight is 538 g/mol. The van der Waals surface area contributed by atoms with Crippen molar-refractivity contribution in [1.82, 2.24) is 4.90 Å². The summed E-state index contributed by atoms with van der Waals surface area (Å²) in [6.07, 6.45) is -3.66. The zero-order valence-electron chi connectivity index (χ0n) is 19.1. The number of nitrogens with one attached hydrogen (secondary N) is 1. The highest BCUT2D eigenvalue weighted by Crippen LogP contribution is 2.36. The molecule has 5 rings (SSSR count). The Labute approximate surface area is 210 Å². The Balaban J connectivity index is 1.44. The van der Waals surface area contributed by atoms with E-state index in [0.29, 0.717) is 12.1 Å². The monoisotopic (exact) mass is 537 g/mol. The van der Waals surface area contributed by atoms with Gasteiger partial charge in [0.25, 0.3) is 15.9 Å². The fourth-order valence-electron chi connectivity index (χ4n) is 4.30. The molecule has 1 amide bonds. The molecule has 2 aromatic carbocycles. The molecule has 3 aromatic rings. The Bertz CT molecular complexity index is 1420. The maximum absolute atomic E-state index is 13.5. The van der Waals surface area contributed by atoms with Crippen molar-refractivity contribution in [3.63, 3.8) is 0 Å². The van der Waals surface area contributed by atoms with E-state index in [9.17, 15) is 26.4 Å². The van der Waals surface area contributed by atoms with Crippen molar-refractivity contribution < 1.29 is 31.1 Å². The number of carbonyl (C=O) groups excluding carboxylic acids is 1. The van der Waals surface area contributed by atoms with E-state index < -0.39 is 21.8 Å². The minimum absolute atomic E-state index is 0.00746. The molecule has 0 saturated carbocycles. The second kappa shape index (κ2) is 9.09. The highest BCUT2D eigenvalue weighted by molar-refractivity contribution is 7.93. The van der Waals surface area contributed by atoms with E-state index in [2.05, 4.69) is 10.2 Å². The number of amides is 1. The summed E-state index contributed by atoms with van der Waals surface area (Å²) in [5.74, 6) is -0.230. The lowest BCUT2D eigenvalue weighted by molar-refractivity contribution is -0.137. The van der Waals surface area contributed by atoms with Crippen LogP contribution in [0.25, 0.3) is 0 Å². The summed E-state index contributed by atoms with van der Waals surface area (Å²) in [7, 11) is -2.20. The zero-order chi connectivity index (χ0) is 25.7. The molecule has 0 radical (unpaired) electrons. The van der Waals surface area contributed by atoms with Crippen LogP contribution >= 0.6 is 11.3 Å². The predicted octanol–water partition coefficient (Wildman–Crippen LogP) is 4.59. The maximum atomic E-state index is 13.5. The van der Waals surface area contributed by atoms with E-state index in [1.807, 2.05) is 12.4 Å². The van der Waals surface area contributed by atoms with E-state index in [-0.39, 0.29) is 41.1 Å².